The second-order valence-electron chi connectivity index (χ2n) is 6.99. The number of carbonyl (C=O) groups is 1. The molecule has 0 aromatic carbocycles. The highest BCUT2D eigenvalue weighted by atomic mass is 79.9. The number of amides is 1. The molecule has 0 spiro atoms. The van der Waals surface area contributed by atoms with Crippen molar-refractivity contribution in [3.8, 4) is 0 Å². The molecule has 2 heterocycles. The van der Waals surface area contributed by atoms with E-state index in [2.05, 4.69) is 45.4 Å². The summed E-state index contributed by atoms with van der Waals surface area (Å²) in [6.07, 6.45) is 7.90. The number of halogens is 1. The fraction of sp³-hybridized carbons (Fsp3) is 0.688. The minimum Gasteiger partial charge on any atom is -0.339 e. The van der Waals surface area contributed by atoms with Gasteiger partial charge in [-0.05, 0) is 59.5 Å². The van der Waals surface area contributed by atoms with Crippen LogP contribution < -0.4 is 0 Å². The van der Waals surface area contributed by atoms with E-state index in [9.17, 15) is 4.79 Å². The molecule has 1 saturated heterocycles. The van der Waals surface area contributed by atoms with Gasteiger partial charge in [-0.25, -0.2) is 0 Å². The maximum Gasteiger partial charge on any atom is 0.270 e. The van der Waals surface area contributed by atoms with Crippen molar-refractivity contribution in [1.82, 2.24) is 9.47 Å². The van der Waals surface area contributed by atoms with Gasteiger partial charge in [0.05, 0.1) is 0 Å². The highest BCUT2D eigenvalue weighted by Crippen LogP contribution is 2.38. The van der Waals surface area contributed by atoms with Crippen LogP contribution in [0.2, 0.25) is 0 Å². The first kappa shape index (κ1) is 14.2. The Kier molecular flexibility index (Phi) is 3.69. The molecule has 3 rings (SSSR count). The molecule has 1 aliphatic carbocycles. The largest absolute Gasteiger partial charge is 0.339 e. The molecule has 1 amide bonds. The Balaban J connectivity index is 1.78. The lowest BCUT2D eigenvalue weighted by molar-refractivity contribution is 0.0746. The van der Waals surface area contributed by atoms with E-state index < -0.39 is 0 Å². The molecule has 2 fully saturated rings. The highest BCUT2D eigenvalue weighted by molar-refractivity contribution is 9.10. The summed E-state index contributed by atoms with van der Waals surface area (Å²) in [4.78, 5) is 14.9. The van der Waals surface area contributed by atoms with Crippen molar-refractivity contribution in [1.29, 1.82) is 0 Å². The predicted molar refractivity (Wildman–Crippen MR) is 83.9 cm³/mol. The molecule has 0 bridgehead atoms. The van der Waals surface area contributed by atoms with Crippen LogP contribution in [0, 0.1) is 5.41 Å². The summed E-state index contributed by atoms with van der Waals surface area (Å²) in [6.45, 7) is 6.41. The molecule has 20 heavy (non-hydrogen) atoms. The molecule has 0 N–H and O–H groups in total. The SMILES string of the molecule is CC1(C)CCCN(C(=O)c2cc(Br)cn2C2CC2)CC1. The molecule has 110 valence electrons. The van der Waals surface area contributed by atoms with Gasteiger partial charge in [0.15, 0.2) is 0 Å². The molecule has 4 heteroatoms. The molecule has 0 radical (unpaired) electrons. The lowest BCUT2D eigenvalue weighted by atomic mass is 9.85. The van der Waals surface area contributed by atoms with Crippen molar-refractivity contribution in [2.24, 2.45) is 5.41 Å². The minimum atomic E-state index is 0.209. The quantitative estimate of drug-likeness (QED) is 0.791. The number of likely N-dealkylation sites (tertiary alicyclic amines) is 1. The number of rotatable bonds is 2. The van der Waals surface area contributed by atoms with E-state index >= 15 is 0 Å². The van der Waals surface area contributed by atoms with Crippen LogP contribution in [0.1, 0.15) is 62.5 Å². The molecule has 1 aromatic heterocycles. The van der Waals surface area contributed by atoms with Gasteiger partial charge >= 0.3 is 0 Å². The summed E-state index contributed by atoms with van der Waals surface area (Å²) in [5.41, 5.74) is 1.23. The van der Waals surface area contributed by atoms with Crippen LogP contribution in [0.3, 0.4) is 0 Å². The Morgan fingerprint density at radius 3 is 2.75 bits per heavy atom. The van der Waals surface area contributed by atoms with Gasteiger partial charge in [0.25, 0.3) is 5.91 Å². The summed E-state index contributed by atoms with van der Waals surface area (Å²) in [5.74, 6) is 0.209. The van der Waals surface area contributed by atoms with Gasteiger partial charge in [0, 0.05) is 29.8 Å². The van der Waals surface area contributed by atoms with Crippen LogP contribution in [-0.2, 0) is 0 Å². The molecule has 1 aliphatic heterocycles. The van der Waals surface area contributed by atoms with Gasteiger partial charge in [-0.1, -0.05) is 13.8 Å². The molecular formula is C16H23BrN2O. The third-order valence-electron chi connectivity index (χ3n) is 4.60. The minimum absolute atomic E-state index is 0.209. The van der Waals surface area contributed by atoms with E-state index in [-0.39, 0.29) is 5.91 Å². The van der Waals surface area contributed by atoms with Crippen LogP contribution in [0.5, 0.6) is 0 Å². The number of hydrogen-bond acceptors (Lipinski definition) is 1. The first-order chi connectivity index (χ1) is 9.46. The van der Waals surface area contributed by atoms with Crippen LogP contribution in [0.25, 0.3) is 0 Å². The normalized spacial score (nSPS) is 22.6. The molecule has 3 nitrogen and oxygen atoms in total. The molecular weight excluding hydrogens is 316 g/mol. The fourth-order valence-electron chi connectivity index (χ4n) is 3.06. The van der Waals surface area contributed by atoms with Gasteiger partial charge in [0.2, 0.25) is 0 Å². The van der Waals surface area contributed by atoms with Gasteiger partial charge in [0.1, 0.15) is 5.69 Å². The van der Waals surface area contributed by atoms with Crippen molar-refractivity contribution in [2.75, 3.05) is 13.1 Å². The Hall–Kier alpha value is -0.770. The topological polar surface area (TPSA) is 25.2 Å². The second-order valence-corrected chi connectivity index (χ2v) is 7.91. The number of hydrogen-bond donors (Lipinski definition) is 0. The van der Waals surface area contributed by atoms with Crippen LogP contribution in [0.15, 0.2) is 16.7 Å². The lowest BCUT2D eigenvalue weighted by Crippen LogP contribution is -2.33. The summed E-state index contributed by atoms with van der Waals surface area (Å²) in [5, 5.41) is 0. The summed E-state index contributed by atoms with van der Waals surface area (Å²) in [6, 6.07) is 2.53. The van der Waals surface area contributed by atoms with E-state index in [4.69, 9.17) is 0 Å². The van der Waals surface area contributed by atoms with Gasteiger partial charge in [-0.3, -0.25) is 4.79 Å². The van der Waals surface area contributed by atoms with Crippen molar-refractivity contribution in [2.45, 2.75) is 52.0 Å². The maximum absolute atomic E-state index is 12.8. The Bertz CT molecular complexity index is 517. The second kappa shape index (κ2) is 5.21. The maximum atomic E-state index is 12.8. The van der Waals surface area contributed by atoms with Crippen LogP contribution in [0.4, 0.5) is 0 Å². The summed E-state index contributed by atoms with van der Waals surface area (Å²) in [7, 11) is 0. The van der Waals surface area contributed by atoms with Gasteiger partial charge < -0.3 is 9.47 Å². The highest BCUT2D eigenvalue weighted by Gasteiger charge is 2.31. The van der Waals surface area contributed by atoms with Crippen LogP contribution >= 0.6 is 15.9 Å². The third-order valence-corrected chi connectivity index (χ3v) is 5.04. The molecule has 1 saturated carbocycles. The van der Waals surface area contributed by atoms with Crippen molar-refractivity contribution in [3.05, 3.63) is 22.4 Å². The van der Waals surface area contributed by atoms with E-state index in [0.29, 0.717) is 11.5 Å². The predicted octanol–water partition coefficient (Wildman–Crippen LogP) is 4.24. The van der Waals surface area contributed by atoms with Crippen molar-refractivity contribution < 1.29 is 4.79 Å². The molecule has 1 aromatic rings. The zero-order chi connectivity index (χ0) is 14.3. The van der Waals surface area contributed by atoms with E-state index in [1.54, 1.807) is 0 Å². The molecule has 2 aliphatic rings. The van der Waals surface area contributed by atoms with E-state index in [1.807, 2.05) is 6.07 Å². The third kappa shape index (κ3) is 2.95. The standard InChI is InChI=1S/C16H23BrN2O/c1-16(2)6-3-8-18(9-7-16)15(20)14-10-12(17)11-19(14)13-4-5-13/h10-11,13H,3-9H2,1-2H3. The van der Waals surface area contributed by atoms with E-state index in [0.717, 1.165) is 36.1 Å². The zero-order valence-corrected chi connectivity index (χ0v) is 13.9. The van der Waals surface area contributed by atoms with Crippen molar-refractivity contribution >= 4 is 21.8 Å². The Morgan fingerprint density at radius 2 is 2.05 bits per heavy atom. The summed E-state index contributed by atoms with van der Waals surface area (Å²) >= 11 is 3.51. The lowest BCUT2D eigenvalue weighted by Gasteiger charge is -2.23. The monoisotopic (exact) mass is 338 g/mol. The first-order valence-corrected chi connectivity index (χ1v) is 8.42. The summed E-state index contributed by atoms with van der Waals surface area (Å²) < 4.78 is 3.19. The van der Waals surface area contributed by atoms with E-state index in [1.165, 1.54) is 19.3 Å². The average molecular weight is 339 g/mol. The van der Waals surface area contributed by atoms with Gasteiger partial charge in [-0.15, -0.1) is 0 Å². The Labute approximate surface area is 129 Å². The number of aromatic nitrogens is 1. The van der Waals surface area contributed by atoms with Crippen molar-refractivity contribution in [3.63, 3.8) is 0 Å². The van der Waals surface area contributed by atoms with Crippen LogP contribution in [-0.4, -0.2) is 28.5 Å². The molecule has 0 atom stereocenters. The average Bonchev–Trinajstić information content (AvgIpc) is 3.17. The fourth-order valence-corrected chi connectivity index (χ4v) is 3.50. The number of carbonyl (C=O) groups excluding carboxylic acids is 1. The zero-order valence-electron chi connectivity index (χ0n) is 12.4. The smallest absolute Gasteiger partial charge is 0.270 e. The Morgan fingerprint density at radius 1 is 1.30 bits per heavy atom. The number of nitrogens with zero attached hydrogens (tertiary/aromatic N) is 2. The van der Waals surface area contributed by atoms with Gasteiger partial charge in [-0.2, -0.15) is 0 Å². The molecule has 0 unspecified atom stereocenters. The first-order valence-electron chi connectivity index (χ1n) is 7.63.